The zero-order chi connectivity index (χ0) is 14.7. The molecule has 2 nitrogen and oxygen atoms in total. The van der Waals surface area contributed by atoms with E-state index in [1.165, 1.54) is 0 Å². The van der Waals surface area contributed by atoms with Crippen molar-refractivity contribution in [2.75, 3.05) is 0 Å². The number of rotatable bonds is 4. The van der Waals surface area contributed by atoms with E-state index in [0.717, 1.165) is 16.3 Å². The molecule has 0 bridgehead atoms. The van der Waals surface area contributed by atoms with Gasteiger partial charge >= 0.3 is 0 Å². The third-order valence-corrected chi connectivity index (χ3v) is 3.65. The fourth-order valence-corrected chi connectivity index (χ4v) is 2.49. The first-order valence-corrected chi connectivity index (χ1v) is 7.03. The number of aromatic hydroxyl groups is 1. The van der Waals surface area contributed by atoms with Crippen molar-refractivity contribution in [3.63, 3.8) is 0 Å². The first kappa shape index (κ1) is 13.4. The van der Waals surface area contributed by atoms with Gasteiger partial charge in [-0.1, -0.05) is 54.6 Å². The summed E-state index contributed by atoms with van der Waals surface area (Å²) in [5, 5.41) is 12.0. The zero-order valence-corrected chi connectivity index (χ0v) is 11.6. The lowest BCUT2D eigenvalue weighted by molar-refractivity contribution is 0.0980. The van der Waals surface area contributed by atoms with Crippen LogP contribution in [0, 0.1) is 0 Å². The number of carbonyl (C=O) groups excluding carboxylic acids is 1. The molecule has 0 radical (unpaired) electrons. The lowest BCUT2D eigenvalue weighted by Crippen LogP contribution is -2.01. The third kappa shape index (κ3) is 2.95. The minimum absolute atomic E-state index is 0.0258. The van der Waals surface area contributed by atoms with Crippen molar-refractivity contribution in [2.24, 2.45) is 0 Å². The van der Waals surface area contributed by atoms with Gasteiger partial charge in [0.05, 0.1) is 5.56 Å². The summed E-state index contributed by atoms with van der Waals surface area (Å²) >= 11 is 0. The number of benzene rings is 3. The van der Waals surface area contributed by atoms with Gasteiger partial charge in [0.15, 0.2) is 5.78 Å². The van der Waals surface area contributed by atoms with Crippen LogP contribution in [0.2, 0.25) is 0 Å². The van der Waals surface area contributed by atoms with Crippen LogP contribution in [-0.4, -0.2) is 10.9 Å². The summed E-state index contributed by atoms with van der Waals surface area (Å²) in [7, 11) is 0. The number of aryl methyl sites for hydroxylation is 1. The van der Waals surface area contributed by atoms with Gasteiger partial charge in [-0.15, -0.1) is 0 Å². The first-order chi connectivity index (χ1) is 10.2. The van der Waals surface area contributed by atoms with E-state index < -0.39 is 0 Å². The van der Waals surface area contributed by atoms with Crippen LogP contribution in [0.15, 0.2) is 66.7 Å². The van der Waals surface area contributed by atoms with Crippen LogP contribution in [0.4, 0.5) is 0 Å². The topological polar surface area (TPSA) is 37.3 Å². The molecule has 104 valence electrons. The summed E-state index contributed by atoms with van der Waals surface area (Å²) in [6.07, 6.45) is 1.09. The second-order valence-electron chi connectivity index (χ2n) is 5.13. The molecule has 0 atom stereocenters. The lowest BCUT2D eigenvalue weighted by Gasteiger charge is -2.06. The van der Waals surface area contributed by atoms with Crippen LogP contribution in [0.25, 0.3) is 10.8 Å². The van der Waals surface area contributed by atoms with Crippen LogP contribution in [0.3, 0.4) is 0 Å². The number of carbonyl (C=O) groups is 1. The van der Waals surface area contributed by atoms with E-state index in [1.807, 2.05) is 54.6 Å². The molecule has 0 unspecified atom stereocenters. The molecule has 0 saturated carbocycles. The van der Waals surface area contributed by atoms with E-state index in [4.69, 9.17) is 0 Å². The molecule has 0 saturated heterocycles. The summed E-state index contributed by atoms with van der Waals surface area (Å²) < 4.78 is 0. The Bertz CT molecular complexity index is 776. The molecular formula is C19H16O2. The fraction of sp³-hybridized carbons (Fsp3) is 0.105. The predicted molar refractivity (Wildman–Crippen MR) is 84.7 cm³/mol. The molecule has 3 aromatic rings. The number of fused-ring (bicyclic) bond motifs is 1. The van der Waals surface area contributed by atoms with Gasteiger partial charge in [0.2, 0.25) is 0 Å². The van der Waals surface area contributed by atoms with Gasteiger partial charge in [0, 0.05) is 6.42 Å². The van der Waals surface area contributed by atoms with E-state index >= 15 is 0 Å². The molecule has 21 heavy (non-hydrogen) atoms. The molecule has 1 N–H and O–H groups in total. The highest BCUT2D eigenvalue weighted by Crippen LogP contribution is 2.26. The largest absolute Gasteiger partial charge is 0.507 e. The van der Waals surface area contributed by atoms with Gasteiger partial charge < -0.3 is 5.11 Å². The van der Waals surface area contributed by atoms with E-state index in [2.05, 4.69) is 0 Å². The van der Waals surface area contributed by atoms with Crippen molar-refractivity contribution >= 4 is 16.6 Å². The highest BCUT2D eigenvalue weighted by molar-refractivity contribution is 6.02. The average Bonchev–Trinajstić information content (AvgIpc) is 2.53. The molecule has 3 rings (SSSR count). The van der Waals surface area contributed by atoms with Crippen molar-refractivity contribution in [1.82, 2.24) is 0 Å². The first-order valence-electron chi connectivity index (χ1n) is 7.03. The summed E-state index contributed by atoms with van der Waals surface area (Å²) in [6, 6.07) is 21.1. The maximum Gasteiger partial charge on any atom is 0.166 e. The summed E-state index contributed by atoms with van der Waals surface area (Å²) in [5.41, 5.74) is 1.54. The smallest absolute Gasteiger partial charge is 0.166 e. The highest BCUT2D eigenvalue weighted by atomic mass is 16.3. The molecule has 0 fully saturated rings. The van der Waals surface area contributed by atoms with Gasteiger partial charge in [-0.25, -0.2) is 0 Å². The van der Waals surface area contributed by atoms with Gasteiger partial charge in [-0.3, -0.25) is 4.79 Å². The van der Waals surface area contributed by atoms with Crippen LogP contribution >= 0.6 is 0 Å². The minimum atomic E-state index is -0.0258. The normalized spacial score (nSPS) is 10.7. The number of phenols is 1. The fourth-order valence-electron chi connectivity index (χ4n) is 2.49. The Morgan fingerprint density at radius 1 is 0.857 bits per heavy atom. The SMILES string of the molecule is O=C(CCc1ccccc1)c1cc2ccccc2cc1O. The maximum atomic E-state index is 12.3. The average molecular weight is 276 g/mol. The van der Waals surface area contributed by atoms with Crippen LogP contribution in [0.1, 0.15) is 22.3 Å². The second-order valence-corrected chi connectivity index (χ2v) is 5.13. The molecule has 0 aliphatic carbocycles. The van der Waals surface area contributed by atoms with Crippen molar-refractivity contribution < 1.29 is 9.90 Å². The Morgan fingerprint density at radius 2 is 1.48 bits per heavy atom. The Labute approximate surface area is 123 Å². The maximum absolute atomic E-state index is 12.3. The molecule has 3 aromatic carbocycles. The molecular weight excluding hydrogens is 260 g/mol. The number of hydrogen-bond donors (Lipinski definition) is 1. The summed E-state index contributed by atoms with van der Waals surface area (Å²) in [5.74, 6) is 0.0360. The zero-order valence-electron chi connectivity index (χ0n) is 11.6. The third-order valence-electron chi connectivity index (χ3n) is 3.65. The van der Waals surface area contributed by atoms with E-state index in [1.54, 1.807) is 12.1 Å². The highest BCUT2D eigenvalue weighted by Gasteiger charge is 2.12. The predicted octanol–water partition coefficient (Wildman–Crippen LogP) is 4.36. The van der Waals surface area contributed by atoms with Gasteiger partial charge in [-0.05, 0) is 34.9 Å². The van der Waals surface area contributed by atoms with Crippen LogP contribution < -0.4 is 0 Å². The molecule has 0 aliphatic rings. The Morgan fingerprint density at radius 3 is 2.19 bits per heavy atom. The number of hydrogen-bond acceptors (Lipinski definition) is 2. The van der Waals surface area contributed by atoms with Crippen molar-refractivity contribution in [3.8, 4) is 5.75 Å². The van der Waals surface area contributed by atoms with Crippen molar-refractivity contribution in [3.05, 3.63) is 77.9 Å². The van der Waals surface area contributed by atoms with Gasteiger partial charge in [0.25, 0.3) is 0 Å². The summed E-state index contributed by atoms with van der Waals surface area (Å²) in [6.45, 7) is 0. The van der Waals surface area contributed by atoms with E-state index in [9.17, 15) is 9.90 Å². The van der Waals surface area contributed by atoms with Crippen LogP contribution in [-0.2, 0) is 6.42 Å². The monoisotopic (exact) mass is 276 g/mol. The Kier molecular flexibility index (Phi) is 3.69. The van der Waals surface area contributed by atoms with E-state index in [0.29, 0.717) is 18.4 Å². The van der Waals surface area contributed by atoms with Crippen LogP contribution in [0.5, 0.6) is 5.75 Å². The minimum Gasteiger partial charge on any atom is -0.507 e. The number of ketones is 1. The Hall–Kier alpha value is -2.61. The molecule has 0 amide bonds. The second kappa shape index (κ2) is 5.80. The number of Topliss-reactive ketones (excluding diaryl/α,β-unsaturated/α-hetero) is 1. The molecule has 2 heteroatoms. The molecule has 0 heterocycles. The van der Waals surface area contributed by atoms with Crippen molar-refractivity contribution in [1.29, 1.82) is 0 Å². The lowest BCUT2D eigenvalue weighted by atomic mass is 9.99. The number of phenolic OH excluding ortho intramolecular Hbond substituents is 1. The quantitative estimate of drug-likeness (QED) is 0.719. The summed E-state index contributed by atoms with van der Waals surface area (Å²) in [4.78, 5) is 12.3. The molecule has 0 aliphatic heterocycles. The van der Waals surface area contributed by atoms with E-state index in [-0.39, 0.29) is 11.5 Å². The molecule has 0 aromatic heterocycles. The molecule has 0 spiro atoms. The standard InChI is InChI=1S/C19H16O2/c20-18(11-10-14-6-2-1-3-7-14)17-12-15-8-4-5-9-16(15)13-19(17)21/h1-9,12-13,21H,10-11H2. The van der Waals surface area contributed by atoms with Gasteiger partial charge in [-0.2, -0.15) is 0 Å². The van der Waals surface area contributed by atoms with Crippen molar-refractivity contribution in [2.45, 2.75) is 12.8 Å². The Balaban J connectivity index is 1.82. The van der Waals surface area contributed by atoms with Gasteiger partial charge in [0.1, 0.15) is 5.75 Å².